The average Bonchev–Trinajstić information content (AvgIpc) is 2.31. The van der Waals surface area contributed by atoms with Crippen LogP contribution in [0.2, 0.25) is 0 Å². The van der Waals surface area contributed by atoms with Crippen LogP contribution in [0.5, 0.6) is 0 Å². The number of aromatic nitrogens is 1. The van der Waals surface area contributed by atoms with Gasteiger partial charge in [0.2, 0.25) is 0 Å². The molecule has 1 aromatic rings. The molecule has 1 aromatic heterocycles. The van der Waals surface area contributed by atoms with Crippen LogP contribution >= 0.6 is 0 Å². The van der Waals surface area contributed by atoms with Crippen molar-refractivity contribution in [2.24, 2.45) is 0 Å². The maximum absolute atomic E-state index is 5.36. The minimum absolute atomic E-state index is 0.594. The van der Waals surface area contributed by atoms with Gasteiger partial charge >= 0.3 is 0 Å². The zero-order valence-electron chi connectivity index (χ0n) is 9.11. The third kappa shape index (κ3) is 2.76. The zero-order valence-corrected chi connectivity index (χ0v) is 9.11. The van der Waals surface area contributed by atoms with Crippen LogP contribution in [0.15, 0.2) is 18.3 Å². The van der Waals surface area contributed by atoms with Crippen molar-refractivity contribution in [2.45, 2.75) is 25.4 Å². The predicted molar refractivity (Wildman–Crippen MR) is 57.7 cm³/mol. The van der Waals surface area contributed by atoms with Gasteiger partial charge in [0.1, 0.15) is 0 Å². The molecule has 1 aliphatic heterocycles. The molecule has 3 heteroatoms. The summed E-state index contributed by atoms with van der Waals surface area (Å²) in [5.74, 6) is 0.636. The summed E-state index contributed by atoms with van der Waals surface area (Å²) >= 11 is 0. The van der Waals surface area contributed by atoms with E-state index in [-0.39, 0.29) is 0 Å². The summed E-state index contributed by atoms with van der Waals surface area (Å²) in [7, 11) is 1.70. The highest BCUT2D eigenvalue weighted by molar-refractivity contribution is 5.20. The van der Waals surface area contributed by atoms with Crippen molar-refractivity contribution in [1.29, 1.82) is 0 Å². The molecule has 0 aliphatic carbocycles. The number of methoxy groups -OCH3 is 1. The molecule has 0 bridgehead atoms. The van der Waals surface area contributed by atoms with Gasteiger partial charge in [-0.3, -0.25) is 4.98 Å². The van der Waals surface area contributed by atoms with E-state index in [4.69, 9.17) is 9.47 Å². The van der Waals surface area contributed by atoms with E-state index in [1.807, 2.05) is 6.20 Å². The van der Waals surface area contributed by atoms with Crippen LogP contribution in [-0.4, -0.2) is 25.3 Å². The summed E-state index contributed by atoms with van der Waals surface area (Å²) in [5, 5.41) is 0. The van der Waals surface area contributed by atoms with Gasteiger partial charge in [0.15, 0.2) is 0 Å². The van der Waals surface area contributed by atoms with Crippen LogP contribution in [0.25, 0.3) is 0 Å². The Balaban J connectivity index is 2.09. The molecule has 0 unspecified atom stereocenters. The number of ether oxygens (including phenoxy) is 2. The molecule has 0 N–H and O–H groups in total. The van der Waals surface area contributed by atoms with Crippen LogP contribution < -0.4 is 0 Å². The molecule has 82 valence electrons. The highest BCUT2D eigenvalue weighted by Gasteiger charge is 2.16. The summed E-state index contributed by atoms with van der Waals surface area (Å²) in [5.41, 5.74) is 2.39. The van der Waals surface area contributed by atoms with E-state index in [0.29, 0.717) is 12.5 Å². The van der Waals surface area contributed by atoms with Gasteiger partial charge in [0.05, 0.1) is 12.3 Å². The Kier molecular flexibility index (Phi) is 3.69. The van der Waals surface area contributed by atoms with E-state index in [2.05, 4.69) is 17.1 Å². The molecule has 0 atom stereocenters. The first-order valence-electron chi connectivity index (χ1n) is 5.41. The lowest BCUT2D eigenvalue weighted by Gasteiger charge is -2.22. The second-order valence-electron chi connectivity index (χ2n) is 3.90. The fourth-order valence-electron chi connectivity index (χ4n) is 2.01. The van der Waals surface area contributed by atoms with Crippen LogP contribution in [0, 0.1) is 0 Å². The summed E-state index contributed by atoms with van der Waals surface area (Å²) in [6, 6.07) is 4.26. The Morgan fingerprint density at radius 1 is 1.47 bits per heavy atom. The first kappa shape index (κ1) is 10.6. The van der Waals surface area contributed by atoms with Gasteiger partial charge in [-0.15, -0.1) is 0 Å². The van der Waals surface area contributed by atoms with E-state index >= 15 is 0 Å². The van der Waals surface area contributed by atoms with Gasteiger partial charge in [-0.2, -0.15) is 0 Å². The van der Waals surface area contributed by atoms with Crippen molar-refractivity contribution in [1.82, 2.24) is 4.98 Å². The normalized spacial score (nSPS) is 17.9. The zero-order chi connectivity index (χ0) is 10.5. The minimum atomic E-state index is 0.594. The van der Waals surface area contributed by atoms with Crippen LogP contribution in [0.4, 0.5) is 0 Å². The summed E-state index contributed by atoms with van der Waals surface area (Å²) in [6.07, 6.45) is 4.12. The van der Waals surface area contributed by atoms with Crippen molar-refractivity contribution in [3.05, 3.63) is 29.6 Å². The van der Waals surface area contributed by atoms with Crippen LogP contribution in [0.1, 0.15) is 30.0 Å². The lowest BCUT2D eigenvalue weighted by Crippen LogP contribution is -2.14. The van der Waals surface area contributed by atoms with Crippen molar-refractivity contribution in [2.75, 3.05) is 20.3 Å². The Hall–Kier alpha value is -0.930. The lowest BCUT2D eigenvalue weighted by molar-refractivity contribution is 0.0852. The van der Waals surface area contributed by atoms with Crippen LogP contribution in [0.3, 0.4) is 0 Å². The van der Waals surface area contributed by atoms with Gasteiger partial charge in [-0.25, -0.2) is 0 Å². The molecule has 0 radical (unpaired) electrons. The van der Waals surface area contributed by atoms with Gasteiger partial charge in [-0.1, -0.05) is 0 Å². The molecule has 2 heterocycles. The fraction of sp³-hybridized carbons (Fsp3) is 0.583. The van der Waals surface area contributed by atoms with Gasteiger partial charge in [0.25, 0.3) is 0 Å². The van der Waals surface area contributed by atoms with E-state index in [1.165, 1.54) is 5.56 Å². The molecule has 1 fully saturated rings. The average molecular weight is 207 g/mol. The van der Waals surface area contributed by atoms with Gasteiger partial charge < -0.3 is 9.47 Å². The maximum Gasteiger partial charge on any atom is 0.0884 e. The number of hydrogen-bond donors (Lipinski definition) is 0. The Labute approximate surface area is 90.4 Å². The Morgan fingerprint density at radius 3 is 3.00 bits per heavy atom. The SMILES string of the molecule is COCc1cc(C2CCOCC2)ccn1. The summed E-state index contributed by atoms with van der Waals surface area (Å²) in [6.45, 7) is 2.36. The molecule has 0 amide bonds. The number of rotatable bonds is 3. The van der Waals surface area contributed by atoms with Crippen molar-refractivity contribution < 1.29 is 9.47 Å². The Bertz CT molecular complexity index is 308. The molecule has 3 nitrogen and oxygen atoms in total. The summed E-state index contributed by atoms with van der Waals surface area (Å²) in [4.78, 5) is 4.27. The Morgan fingerprint density at radius 2 is 2.27 bits per heavy atom. The highest BCUT2D eigenvalue weighted by Crippen LogP contribution is 2.26. The number of hydrogen-bond acceptors (Lipinski definition) is 3. The smallest absolute Gasteiger partial charge is 0.0884 e. The third-order valence-electron chi connectivity index (χ3n) is 2.83. The molecule has 0 spiro atoms. The number of nitrogens with zero attached hydrogens (tertiary/aromatic N) is 1. The standard InChI is InChI=1S/C12H17NO2/c1-14-9-12-8-11(2-5-13-12)10-3-6-15-7-4-10/h2,5,8,10H,3-4,6-7,9H2,1H3. The summed E-state index contributed by atoms with van der Waals surface area (Å²) < 4.78 is 10.4. The fourth-order valence-corrected chi connectivity index (χ4v) is 2.01. The number of pyridine rings is 1. The van der Waals surface area contributed by atoms with Crippen molar-refractivity contribution in [3.8, 4) is 0 Å². The largest absolute Gasteiger partial charge is 0.381 e. The van der Waals surface area contributed by atoms with E-state index in [1.54, 1.807) is 7.11 Å². The van der Waals surface area contributed by atoms with E-state index in [9.17, 15) is 0 Å². The molecule has 1 aliphatic rings. The van der Waals surface area contributed by atoms with Crippen LogP contribution in [-0.2, 0) is 16.1 Å². The van der Waals surface area contributed by atoms with E-state index < -0.39 is 0 Å². The molecular weight excluding hydrogens is 190 g/mol. The second kappa shape index (κ2) is 5.24. The topological polar surface area (TPSA) is 31.4 Å². The lowest BCUT2D eigenvalue weighted by atomic mass is 9.92. The molecule has 0 saturated carbocycles. The molecule has 1 saturated heterocycles. The van der Waals surface area contributed by atoms with E-state index in [0.717, 1.165) is 31.7 Å². The highest BCUT2D eigenvalue weighted by atomic mass is 16.5. The van der Waals surface area contributed by atoms with Gasteiger partial charge in [-0.05, 0) is 36.5 Å². The molecule has 2 rings (SSSR count). The predicted octanol–water partition coefficient (Wildman–Crippen LogP) is 2.12. The van der Waals surface area contributed by atoms with Gasteiger partial charge in [0, 0.05) is 26.5 Å². The first-order chi connectivity index (χ1) is 7.40. The van der Waals surface area contributed by atoms with Crippen molar-refractivity contribution in [3.63, 3.8) is 0 Å². The molecule has 0 aromatic carbocycles. The third-order valence-corrected chi connectivity index (χ3v) is 2.83. The quantitative estimate of drug-likeness (QED) is 0.760. The molecular formula is C12H17NO2. The second-order valence-corrected chi connectivity index (χ2v) is 3.90. The minimum Gasteiger partial charge on any atom is -0.381 e. The van der Waals surface area contributed by atoms with Crippen molar-refractivity contribution >= 4 is 0 Å². The molecule has 15 heavy (non-hydrogen) atoms. The first-order valence-corrected chi connectivity index (χ1v) is 5.41. The monoisotopic (exact) mass is 207 g/mol. The maximum atomic E-state index is 5.36.